The van der Waals surface area contributed by atoms with Crippen molar-refractivity contribution in [2.45, 2.75) is 84.1 Å². The molecular weight excluding hydrogens is 300 g/mol. The zero-order valence-corrected chi connectivity index (χ0v) is 14.8. The topological polar surface area (TPSA) is 93.7 Å². The second-order valence-electron chi connectivity index (χ2n) is 7.79. The maximum absolute atomic E-state index is 11.9. The maximum atomic E-state index is 11.9. The molecule has 2 N–H and O–H groups in total. The van der Waals surface area contributed by atoms with Crippen molar-refractivity contribution in [2.24, 2.45) is 0 Å². The van der Waals surface area contributed by atoms with Crippen LogP contribution < -0.4 is 10.6 Å². The number of carbonyl (C=O) groups excluding carboxylic acids is 3. The molecule has 132 valence electrons. The van der Waals surface area contributed by atoms with Gasteiger partial charge in [-0.25, -0.2) is 9.59 Å². The fourth-order valence-electron chi connectivity index (χ4n) is 2.25. The molecule has 0 aromatic carbocycles. The monoisotopic (exact) mass is 328 g/mol. The Morgan fingerprint density at radius 2 is 1.35 bits per heavy atom. The van der Waals surface area contributed by atoms with Crippen LogP contribution >= 0.6 is 0 Å². The summed E-state index contributed by atoms with van der Waals surface area (Å²) >= 11 is 0. The van der Waals surface area contributed by atoms with E-state index in [0.29, 0.717) is 12.8 Å². The van der Waals surface area contributed by atoms with Crippen LogP contribution in [0.25, 0.3) is 0 Å². The molecule has 7 heteroatoms. The van der Waals surface area contributed by atoms with Gasteiger partial charge in [0.05, 0.1) is 12.1 Å². The van der Waals surface area contributed by atoms with Crippen molar-refractivity contribution in [1.82, 2.24) is 10.6 Å². The minimum Gasteiger partial charge on any atom is -0.444 e. The molecule has 1 aliphatic rings. The van der Waals surface area contributed by atoms with Crippen molar-refractivity contribution < 1.29 is 23.9 Å². The van der Waals surface area contributed by atoms with Crippen molar-refractivity contribution in [3.8, 4) is 0 Å². The molecule has 0 aromatic heterocycles. The third kappa shape index (κ3) is 7.85. The first kappa shape index (κ1) is 19.3. The summed E-state index contributed by atoms with van der Waals surface area (Å²) in [4.78, 5) is 35.5. The zero-order valence-electron chi connectivity index (χ0n) is 14.8. The average Bonchev–Trinajstić information content (AvgIpc) is 2.27. The van der Waals surface area contributed by atoms with E-state index in [9.17, 15) is 14.4 Å². The van der Waals surface area contributed by atoms with Crippen LogP contribution in [0.4, 0.5) is 9.59 Å². The van der Waals surface area contributed by atoms with Gasteiger partial charge in [-0.2, -0.15) is 0 Å². The number of rotatable bonds is 2. The predicted octanol–water partition coefficient (Wildman–Crippen LogP) is 2.53. The molecule has 0 heterocycles. The number of hydrogen-bond acceptors (Lipinski definition) is 5. The Morgan fingerprint density at radius 1 is 0.913 bits per heavy atom. The Bertz CT molecular complexity index is 462. The lowest BCUT2D eigenvalue weighted by Crippen LogP contribution is -2.56. The minimum atomic E-state index is -0.628. The summed E-state index contributed by atoms with van der Waals surface area (Å²) in [5.74, 6) is 0.0493. The highest BCUT2D eigenvalue weighted by Crippen LogP contribution is 2.18. The Hall–Kier alpha value is -1.79. The summed E-state index contributed by atoms with van der Waals surface area (Å²) in [7, 11) is 0. The molecule has 1 unspecified atom stereocenters. The van der Waals surface area contributed by atoms with Gasteiger partial charge in [0.15, 0.2) is 0 Å². The van der Waals surface area contributed by atoms with Gasteiger partial charge in [-0.15, -0.1) is 0 Å². The van der Waals surface area contributed by atoms with E-state index in [0.717, 1.165) is 0 Å². The minimum absolute atomic E-state index is 0.0493. The Labute approximate surface area is 137 Å². The number of alkyl carbamates (subject to hydrolysis) is 2. The summed E-state index contributed by atoms with van der Waals surface area (Å²) in [5.41, 5.74) is -1.24. The first-order valence-corrected chi connectivity index (χ1v) is 7.86. The van der Waals surface area contributed by atoms with Gasteiger partial charge in [0, 0.05) is 12.8 Å². The zero-order chi connectivity index (χ0) is 17.8. The Balaban J connectivity index is 2.66. The lowest BCUT2D eigenvalue weighted by Gasteiger charge is -2.33. The number of ether oxygens (including phenoxy) is 2. The van der Waals surface area contributed by atoms with Crippen molar-refractivity contribution in [2.75, 3.05) is 0 Å². The van der Waals surface area contributed by atoms with E-state index in [-0.39, 0.29) is 18.2 Å². The van der Waals surface area contributed by atoms with E-state index < -0.39 is 29.4 Å². The third-order valence-electron chi connectivity index (χ3n) is 3.07. The molecule has 0 bridgehead atoms. The highest BCUT2D eigenvalue weighted by Gasteiger charge is 2.33. The van der Waals surface area contributed by atoms with Crippen molar-refractivity contribution in [1.29, 1.82) is 0 Å². The molecule has 23 heavy (non-hydrogen) atoms. The SMILES string of the molecule is CC(C)(C)OC(=O)NC1CCC(=O)C[C@H]1NC(=O)OC(C)(C)C. The van der Waals surface area contributed by atoms with E-state index in [1.165, 1.54) is 0 Å². The van der Waals surface area contributed by atoms with Gasteiger partial charge in [-0.3, -0.25) is 4.79 Å². The van der Waals surface area contributed by atoms with Gasteiger partial charge in [0.1, 0.15) is 17.0 Å². The fraction of sp³-hybridized carbons (Fsp3) is 0.812. The van der Waals surface area contributed by atoms with Gasteiger partial charge in [-0.1, -0.05) is 0 Å². The van der Waals surface area contributed by atoms with Crippen molar-refractivity contribution in [3.05, 3.63) is 0 Å². The molecule has 7 nitrogen and oxygen atoms in total. The number of nitrogens with one attached hydrogen (secondary N) is 2. The standard InChI is InChI=1S/C16H28N2O5/c1-15(2,3)22-13(20)17-11-8-7-10(19)9-12(11)18-14(21)23-16(4,5)6/h11-12H,7-9H2,1-6H3,(H,17,20)(H,18,21)/t11?,12-/m1/s1. The molecule has 1 rings (SSSR count). The van der Waals surface area contributed by atoms with Crippen molar-refractivity contribution >= 4 is 18.0 Å². The summed E-state index contributed by atoms with van der Waals surface area (Å²) < 4.78 is 10.4. The van der Waals surface area contributed by atoms with E-state index in [1.54, 1.807) is 41.5 Å². The molecular formula is C16H28N2O5. The number of carbonyl (C=O) groups is 3. The van der Waals surface area contributed by atoms with Crippen LogP contribution in [0.15, 0.2) is 0 Å². The third-order valence-corrected chi connectivity index (χ3v) is 3.07. The van der Waals surface area contributed by atoms with Gasteiger partial charge in [-0.05, 0) is 48.0 Å². The molecule has 0 saturated heterocycles. The second-order valence-corrected chi connectivity index (χ2v) is 7.79. The van der Waals surface area contributed by atoms with Crippen LogP contribution in [0, 0.1) is 0 Å². The quantitative estimate of drug-likeness (QED) is 0.812. The van der Waals surface area contributed by atoms with Gasteiger partial charge >= 0.3 is 12.2 Å². The first-order valence-electron chi connectivity index (χ1n) is 7.86. The molecule has 1 aliphatic carbocycles. The lowest BCUT2D eigenvalue weighted by molar-refractivity contribution is -0.121. The highest BCUT2D eigenvalue weighted by molar-refractivity contribution is 5.81. The number of hydrogen-bond donors (Lipinski definition) is 2. The molecule has 0 aliphatic heterocycles. The smallest absolute Gasteiger partial charge is 0.407 e. The van der Waals surface area contributed by atoms with E-state index in [1.807, 2.05) is 0 Å². The molecule has 2 amide bonds. The summed E-state index contributed by atoms with van der Waals surface area (Å²) in [6, 6.07) is -0.867. The molecule has 1 fully saturated rings. The average molecular weight is 328 g/mol. The molecule has 1 saturated carbocycles. The second kappa shape index (κ2) is 7.19. The molecule has 2 atom stereocenters. The van der Waals surface area contributed by atoms with Gasteiger partial charge < -0.3 is 20.1 Å². The van der Waals surface area contributed by atoms with Crippen LogP contribution in [-0.4, -0.2) is 41.3 Å². The lowest BCUT2D eigenvalue weighted by atomic mass is 9.89. The summed E-state index contributed by atoms with van der Waals surface area (Å²) in [6.45, 7) is 10.6. The molecule has 0 spiro atoms. The van der Waals surface area contributed by atoms with Crippen molar-refractivity contribution in [3.63, 3.8) is 0 Å². The van der Waals surface area contributed by atoms with Crippen LogP contribution in [-0.2, 0) is 14.3 Å². The molecule has 0 radical (unpaired) electrons. The fourth-order valence-corrected chi connectivity index (χ4v) is 2.25. The summed E-state index contributed by atoms with van der Waals surface area (Å²) in [5, 5.41) is 5.40. The largest absolute Gasteiger partial charge is 0.444 e. The highest BCUT2D eigenvalue weighted by atomic mass is 16.6. The van der Waals surface area contributed by atoms with Gasteiger partial charge in [0.25, 0.3) is 0 Å². The van der Waals surface area contributed by atoms with Crippen LogP contribution in [0.2, 0.25) is 0 Å². The number of ketones is 1. The van der Waals surface area contributed by atoms with Gasteiger partial charge in [0.2, 0.25) is 0 Å². The Kier molecular flexibility index (Phi) is 6.02. The normalized spacial score (nSPS) is 22.3. The van der Waals surface area contributed by atoms with Crippen LogP contribution in [0.5, 0.6) is 0 Å². The van der Waals surface area contributed by atoms with E-state index >= 15 is 0 Å². The number of Topliss-reactive ketones (excluding diaryl/α,β-unsaturated/α-hetero) is 1. The van der Waals surface area contributed by atoms with E-state index in [4.69, 9.17) is 9.47 Å². The number of amides is 2. The molecule has 0 aromatic rings. The predicted molar refractivity (Wildman–Crippen MR) is 85.2 cm³/mol. The first-order chi connectivity index (χ1) is 10.4. The van der Waals surface area contributed by atoms with E-state index in [2.05, 4.69) is 10.6 Å². The maximum Gasteiger partial charge on any atom is 0.407 e. The van der Waals surface area contributed by atoms with Crippen LogP contribution in [0.1, 0.15) is 60.8 Å². The Morgan fingerprint density at radius 3 is 1.78 bits per heavy atom. The summed E-state index contributed by atoms with van der Waals surface area (Å²) in [6.07, 6.45) is -0.174. The van der Waals surface area contributed by atoms with Crippen LogP contribution in [0.3, 0.4) is 0 Å².